The molecule has 4 heteroatoms. The average molecular weight is 302 g/mol. The zero-order chi connectivity index (χ0) is 13.0. The van der Waals surface area contributed by atoms with Crippen LogP contribution in [0.2, 0.25) is 5.02 Å². The van der Waals surface area contributed by atoms with Gasteiger partial charge in [-0.1, -0.05) is 18.0 Å². The molecule has 0 amide bonds. The predicted molar refractivity (Wildman–Crippen MR) is 82.5 cm³/mol. The Morgan fingerprint density at radius 1 is 1.32 bits per heavy atom. The second-order valence-electron chi connectivity index (χ2n) is 5.24. The molecular formula is C15H21Cl2NO. The molecule has 2 rings (SSSR count). The van der Waals surface area contributed by atoms with Gasteiger partial charge in [0.15, 0.2) is 5.78 Å². The van der Waals surface area contributed by atoms with Crippen LogP contribution in [-0.2, 0) is 0 Å². The molecule has 0 aliphatic heterocycles. The highest BCUT2D eigenvalue weighted by Crippen LogP contribution is 2.26. The number of carbonyl (C=O) groups is 1. The van der Waals surface area contributed by atoms with Crippen molar-refractivity contribution < 1.29 is 4.79 Å². The van der Waals surface area contributed by atoms with Crippen molar-refractivity contribution in [2.45, 2.75) is 25.7 Å². The maximum atomic E-state index is 12.0. The Kier molecular flexibility index (Phi) is 6.84. The zero-order valence-electron chi connectivity index (χ0n) is 11.3. The van der Waals surface area contributed by atoms with Gasteiger partial charge in [0.1, 0.15) is 0 Å². The Morgan fingerprint density at radius 3 is 2.47 bits per heavy atom. The summed E-state index contributed by atoms with van der Waals surface area (Å²) in [5, 5.41) is 0.675. The van der Waals surface area contributed by atoms with E-state index in [-0.39, 0.29) is 18.2 Å². The smallest absolute Gasteiger partial charge is 0.164 e. The van der Waals surface area contributed by atoms with E-state index in [4.69, 9.17) is 11.6 Å². The van der Waals surface area contributed by atoms with E-state index in [1.54, 1.807) is 24.3 Å². The van der Waals surface area contributed by atoms with E-state index in [0.29, 0.717) is 11.4 Å². The maximum Gasteiger partial charge on any atom is 0.164 e. The Labute approximate surface area is 126 Å². The van der Waals surface area contributed by atoms with Gasteiger partial charge >= 0.3 is 0 Å². The van der Waals surface area contributed by atoms with Gasteiger partial charge in [0.25, 0.3) is 0 Å². The first-order valence-corrected chi connectivity index (χ1v) is 7.00. The fourth-order valence-electron chi connectivity index (χ4n) is 2.28. The molecule has 1 aliphatic rings. The van der Waals surface area contributed by atoms with E-state index in [9.17, 15) is 4.79 Å². The SMILES string of the molecule is CN(CCC(=O)c1ccc(Cl)cc1)CC1CCC1.Cl. The largest absolute Gasteiger partial charge is 0.306 e. The second-order valence-corrected chi connectivity index (χ2v) is 5.68. The van der Waals surface area contributed by atoms with E-state index in [1.165, 1.54) is 19.3 Å². The van der Waals surface area contributed by atoms with Gasteiger partial charge in [-0.25, -0.2) is 0 Å². The third-order valence-electron chi connectivity index (χ3n) is 3.68. The number of hydrogen-bond donors (Lipinski definition) is 0. The molecule has 0 spiro atoms. The lowest BCUT2D eigenvalue weighted by Gasteiger charge is -2.29. The summed E-state index contributed by atoms with van der Waals surface area (Å²) in [6.45, 7) is 1.98. The molecular weight excluding hydrogens is 281 g/mol. The van der Waals surface area contributed by atoms with Crippen molar-refractivity contribution in [2.24, 2.45) is 5.92 Å². The molecule has 1 aromatic rings. The number of nitrogens with zero attached hydrogens (tertiary/aromatic N) is 1. The molecule has 0 bridgehead atoms. The molecule has 0 atom stereocenters. The molecule has 106 valence electrons. The monoisotopic (exact) mass is 301 g/mol. The summed E-state index contributed by atoms with van der Waals surface area (Å²) in [7, 11) is 2.10. The van der Waals surface area contributed by atoms with Crippen LogP contribution >= 0.6 is 24.0 Å². The van der Waals surface area contributed by atoms with Gasteiger partial charge in [0.2, 0.25) is 0 Å². The summed E-state index contributed by atoms with van der Waals surface area (Å²) in [4.78, 5) is 14.2. The minimum absolute atomic E-state index is 0. The number of carbonyl (C=O) groups excluding carboxylic acids is 1. The third-order valence-corrected chi connectivity index (χ3v) is 3.93. The first-order chi connectivity index (χ1) is 8.65. The van der Waals surface area contributed by atoms with E-state index < -0.39 is 0 Å². The molecule has 19 heavy (non-hydrogen) atoms. The summed E-state index contributed by atoms with van der Waals surface area (Å²) in [5.41, 5.74) is 0.761. The normalized spacial score (nSPS) is 14.9. The van der Waals surface area contributed by atoms with Crippen LogP contribution in [0.5, 0.6) is 0 Å². The summed E-state index contributed by atoms with van der Waals surface area (Å²) < 4.78 is 0. The third kappa shape index (κ3) is 5.13. The topological polar surface area (TPSA) is 20.3 Å². The highest BCUT2D eigenvalue weighted by molar-refractivity contribution is 6.30. The number of Topliss-reactive ketones (excluding diaryl/α,β-unsaturated/α-hetero) is 1. The Balaban J connectivity index is 0.00000180. The van der Waals surface area contributed by atoms with Crippen LogP contribution in [0.1, 0.15) is 36.0 Å². The molecule has 0 radical (unpaired) electrons. The standard InChI is InChI=1S/C15H20ClNO.ClH/c1-17(11-12-3-2-4-12)10-9-15(18)13-5-7-14(16)8-6-13;/h5-8,12H,2-4,9-11H2,1H3;1H. The van der Waals surface area contributed by atoms with Crippen LogP contribution in [0.15, 0.2) is 24.3 Å². The van der Waals surface area contributed by atoms with Gasteiger partial charge < -0.3 is 4.90 Å². The molecule has 1 saturated carbocycles. The van der Waals surface area contributed by atoms with Gasteiger partial charge in [-0.2, -0.15) is 0 Å². The van der Waals surface area contributed by atoms with Crippen molar-refractivity contribution in [1.82, 2.24) is 4.90 Å². The van der Waals surface area contributed by atoms with Gasteiger partial charge in [-0.05, 0) is 50.1 Å². The average Bonchev–Trinajstić information content (AvgIpc) is 2.32. The molecule has 2 nitrogen and oxygen atoms in total. The van der Waals surface area contributed by atoms with Crippen molar-refractivity contribution in [2.75, 3.05) is 20.1 Å². The predicted octanol–water partition coefficient (Wildman–Crippen LogP) is 4.07. The molecule has 0 unspecified atom stereocenters. The van der Waals surface area contributed by atoms with Crippen molar-refractivity contribution in [3.8, 4) is 0 Å². The van der Waals surface area contributed by atoms with Gasteiger partial charge in [-0.3, -0.25) is 4.79 Å². The fraction of sp³-hybridized carbons (Fsp3) is 0.533. The van der Waals surface area contributed by atoms with E-state index in [0.717, 1.165) is 24.6 Å². The fourth-order valence-corrected chi connectivity index (χ4v) is 2.41. The van der Waals surface area contributed by atoms with Crippen molar-refractivity contribution >= 4 is 29.8 Å². The Morgan fingerprint density at radius 2 is 1.95 bits per heavy atom. The highest BCUT2D eigenvalue weighted by Gasteiger charge is 2.19. The van der Waals surface area contributed by atoms with E-state index in [1.807, 2.05) is 0 Å². The first kappa shape index (κ1) is 16.5. The summed E-state index contributed by atoms with van der Waals surface area (Å²) in [5.74, 6) is 1.06. The Bertz CT molecular complexity index is 401. The minimum atomic E-state index is 0. The Hall–Kier alpha value is -0.570. The molecule has 1 fully saturated rings. The lowest BCUT2D eigenvalue weighted by molar-refractivity contribution is 0.0961. The van der Waals surface area contributed by atoms with Crippen LogP contribution in [0.4, 0.5) is 0 Å². The van der Waals surface area contributed by atoms with Crippen molar-refractivity contribution in [1.29, 1.82) is 0 Å². The van der Waals surface area contributed by atoms with Crippen LogP contribution in [0.3, 0.4) is 0 Å². The summed E-state index contributed by atoms with van der Waals surface area (Å²) in [6, 6.07) is 7.15. The lowest BCUT2D eigenvalue weighted by atomic mass is 9.85. The van der Waals surface area contributed by atoms with E-state index >= 15 is 0 Å². The van der Waals surface area contributed by atoms with Crippen LogP contribution < -0.4 is 0 Å². The van der Waals surface area contributed by atoms with E-state index in [2.05, 4.69) is 11.9 Å². The van der Waals surface area contributed by atoms with Crippen LogP contribution in [0.25, 0.3) is 0 Å². The first-order valence-electron chi connectivity index (χ1n) is 6.62. The molecule has 1 aromatic carbocycles. The number of ketones is 1. The minimum Gasteiger partial charge on any atom is -0.306 e. The van der Waals surface area contributed by atoms with Crippen LogP contribution in [0, 0.1) is 5.92 Å². The second kappa shape index (κ2) is 7.88. The summed E-state index contributed by atoms with van der Waals surface area (Å²) in [6.07, 6.45) is 4.68. The number of halogens is 2. The highest BCUT2D eigenvalue weighted by atomic mass is 35.5. The molecule has 0 heterocycles. The maximum absolute atomic E-state index is 12.0. The van der Waals surface area contributed by atoms with Crippen molar-refractivity contribution in [3.05, 3.63) is 34.9 Å². The van der Waals surface area contributed by atoms with Gasteiger partial charge in [0.05, 0.1) is 0 Å². The van der Waals surface area contributed by atoms with Crippen molar-refractivity contribution in [3.63, 3.8) is 0 Å². The zero-order valence-corrected chi connectivity index (χ0v) is 12.8. The molecule has 0 N–H and O–H groups in total. The van der Waals surface area contributed by atoms with Gasteiger partial charge in [0, 0.05) is 30.1 Å². The van der Waals surface area contributed by atoms with Crippen LogP contribution in [-0.4, -0.2) is 30.8 Å². The van der Waals surface area contributed by atoms with Gasteiger partial charge in [-0.15, -0.1) is 12.4 Å². The molecule has 0 aromatic heterocycles. The number of rotatable bonds is 6. The molecule has 1 aliphatic carbocycles. The lowest BCUT2D eigenvalue weighted by Crippen LogP contribution is -2.31. The quantitative estimate of drug-likeness (QED) is 0.738. The molecule has 0 saturated heterocycles. The summed E-state index contributed by atoms with van der Waals surface area (Å²) >= 11 is 5.80. The number of hydrogen-bond acceptors (Lipinski definition) is 2. The number of benzene rings is 1.